The van der Waals surface area contributed by atoms with E-state index in [-0.39, 0.29) is 10.8 Å². The number of nitro groups is 1. The summed E-state index contributed by atoms with van der Waals surface area (Å²) in [6, 6.07) is 10.2. The molecule has 5 nitrogen and oxygen atoms in total. The van der Waals surface area contributed by atoms with Crippen LogP contribution in [-0.2, 0) is 0 Å². The first-order valence-electron chi connectivity index (χ1n) is 5.31. The average Bonchev–Trinajstić information content (AvgIpc) is 2.38. The van der Waals surface area contributed by atoms with Crippen LogP contribution in [0.15, 0.2) is 41.3 Å². The van der Waals surface area contributed by atoms with E-state index in [1.54, 1.807) is 11.8 Å². The summed E-state index contributed by atoms with van der Waals surface area (Å²) >= 11 is 7.37. The van der Waals surface area contributed by atoms with Crippen molar-refractivity contribution in [2.45, 2.75) is 4.90 Å². The minimum atomic E-state index is -0.503. The zero-order valence-electron chi connectivity index (χ0n) is 9.96. The smallest absolute Gasteiger partial charge is 0.276 e. The largest absolute Gasteiger partial charge is 0.340 e. The van der Waals surface area contributed by atoms with Crippen LogP contribution >= 0.6 is 23.4 Å². The van der Waals surface area contributed by atoms with Gasteiger partial charge in [0, 0.05) is 10.6 Å². The molecule has 7 heteroatoms. The first-order valence-corrected chi connectivity index (χ1v) is 6.92. The highest BCUT2D eigenvalue weighted by atomic mass is 35.5. The molecule has 1 N–H and O–H groups in total. The molecule has 0 unspecified atom stereocenters. The van der Waals surface area contributed by atoms with Crippen LogP contribution in [0.5, 0.6) is 0 Å². The van der Waals surface area contributed by atoms with Crippen molar-refractivity contribution >= 4 is 40.6 Å². The van der Waals surface area contributed by atoms with Crippen LogP contribution in [0.25, 0.3) is 0 Å². The Morgan fingerprint density at radius 1 is 1.37 bits per heavy atom. The van der Waals surface area contributed by atoms with Crippen LogP contribution in [0.2, 0.25) is 5.15 Å². The number of aromatic nitrogens is 1. The zero-order valence-corrected chi connectivity index (χ0v) is 11.5. The monoisotopic (exact) mass is 295 g/mol. The first kappa shape index (κ1) is 13.6. The molecule has 0 aliphatic rings. The van der Waals surface area contributed by atoms with E-state index >= 15 is 0 Å². The molecule has 0 saturated heterocycles. The number of thioether (sulfide) groups is 1. The highest BCUT2D eigenvalue weighted by Crippen LogP contribution is 2.25. The van der Waals surface area contributed by atoms with Gasteiger partial charge in [0.2, 0.25) is 0 Å². The van der Waals surface area contributed by atoms with Crippen LogP contribution in [0.1, 0.15) is 0 Å². The Morgan fingerprint density at radius 2 is 2.16 bits per heavy atom. The molecule has 1 aromatic heterocycles. The van der Waals surface area contributed by atoms with Gasteiger partial charge in [0.25, 0.3) is 5.69 Å². The Morgan fingerprint density at radius 3 is 2.84 bits per heavy atom. The van der Waals surface area contributed by atoms with Crippen LogP contribution in [-0.4, -0.2) is 16.2 Å². The van der Waals surface area contributed by atoms with E-state index in [4.69, 9.17) is 11.6 Å². The molecule has 0 aliphatic heterocycles. The van der Waals surface area contributed by atoms with Gasteiger partial charge in [-0.05, 0) is 24.5 Å². The van der Waals surface area contributed by atoms with E-state index < -0.39 is 4.92 Å². The molecule has 0 amide bonds. The van der Waals surface area contributed by atoms with Crippen LogP contribution in [0.4, 0.5) is 17.2 Å². The van der Waals surface area contributed by atoms with Crippen molar-refractivity contribution in [3.63, 3.8) is 0 Å². The molecule has 0 bridgehead atoms. The quantitative estimate of drug-likeness (QED) is 0.398. The number of hydrogen-bond acceptors (Lipinski definition) is 5. The number of anilines is 2. The van der Waals surface area contributed by atoms with Gasteiger partial charge in [-0.15, -0.1) is 11.8 Å². The van der Waals surface area contributed by atoms with Gasteiger partial charge in [-0.2, -0.15) is 0 Å². The normalized spacial score (nSPS) is 10.2. The van der Waals surface area contributed by atoms with Gasteiger partial charge >= 0.3 is 0 Å². The van der Waals surface area contributed by atoms with E-state index in [0.29, 0.717) is 5.82 Å². The Kier molecular flexibility index (Phi) is 4.24. The van der Waals surface area contributed by atoms with Gasteiger partial charge in [-0.1, -0.05) is 17.7 Å². The summed E-state index contributed by atoms with van der Waals surface area (Å²) in [6.45, 7) is 0. The van der Waals surface area contributed by atoms with Crippen molar-refractivity contribution in [3.05, 3.63) is 51.7 Å². The maximum atomic E-state index is 10.7. The predicted octanol–water partition coefficient (Wildman–Crippen LogP) is 4.11. The second-order valence-electron chi connectivity index (χ2n) is 3.65. The second-order valence-corrected chi connectivity index (χ2v) is 4.91. The van der Waals surface area contributed by atoms with E-state index in [1.165, 1.54) is 12.1 Å². The van der Waals surface area contributed by atoms with E-state index in [1.807, 2.05) is 30.5 Å². The van der Waals surface area contributed by atoms with Gasteiger partial charge in [-0.25, -0.2) is 4.98 Å². The fraction of sp³-hybridized carbons (Fsp3) is 0.0833. The summed E-state index contributed by atoms with van der Waals surface area (Å²) in [4.78, 5) is 15.3. The Labute approximate surface area is 119 Å². The lowest BCUT2D eigenvalue weighted by Crippen LogP contribution is -1.96. The lowest BCUT2D eigenvalue weighted by atomic mass is 10.3. The van der Waals surface area contributed by atoms with Gasteiger partial charge < -0.3 is 5.32 Å². The number of nitrogens with zero attached hydrogens (tertiary/aromatic N) is 2. The molecule has 19 heavy (non-hydrogen) atoms. The van der Waals surface area contributed by atoms with Crippen molar-refractivity contribution < 1.29 is 4.92 Å². The third-order valence-electron chi connectivity index (χ3n) is 2.33. The maximum absolute atomic E-state index is 10.7. The number of halogens is 1. The number of hydrogen-bond donors (Lipinski definition) is 1. The first-order chi connectivity index (χ1) is 9.08. The number of pyridine rings is 1. The van der Waals surface area contributed by atoms with Gasteiger partial charge in [0.05, 0.1) is 17.1 Å². The minimum absolute atomic E-state index is 0.0812. The molecule has 0 fully saturated rings. The van der Waals surface area contributed by atoms with Gasteiger partial charge in [0.15, 0.2) is 0 Å². The lowest BCUT2D eigenvalue weighted by Gasteiger charge is -2.07. The summed E-state index contributed by atoms with van der Waals surface area (Å²) in [5, 5.41) is 13.8. The molecular formula is C12H10ClN3O2S. The van der Waals surface area contributed by atoms with Crippen LogP contribution < -0.4 is 5.32 Å². The molecule has 2 aromatic rings. The van der Waals surface area contributed by atoms with Crippen molar-refractivity contribution in [3.8, 4) is 0 Å². The van der Waals surface area contributed by atoms with E-state index in [2.05, 4.69) is 10.3 Å². The standard InChI is InChI=1S/C12H10ClN3O2S/c1-19-10-4-2-3-8(5-10)14-12-7-9(16(17)18)6-11(13)15-12/h2-7H,1H3,(H,14,15). The summed E-state index contributed by atoms with van der Waals surface area (Å²) < 4.78 is 0. The van der Waals surface area contributed by atoms with Crippen LogP contribution in [0.3, 0.4) is 0 Å². The third kappa shape index (κ3) is 3.59. The van der Waals surface area contributed by atoms with E-state index in [9.17, 15) is 10.1 Å². The number of benzene rings is 1. The Balaban J connectivity index is 2.29. The molecule has 2 rings (SSSR count). The lowest BCUT2D eigenvalue weighted by molar-refractivity contribution is -0.384. The third-order valence-corrected chi connectivity index (χ3v) is 3.25. The zero-order chi connectivity index (χ0) is 13.8. The average molecular weight is 296 g/mol. The molecular weight excluding hydrogens is 286 g/mol. The van der Waals surface area contributed by atoms with E-state index in [0.717, 1.165) is 10.6 Å². The topological polar surface area (TPSA) is 68.1 Å². The fourth-order valence-electron chi connectivity index (χ4n) is 1.50. The second kappa shape index (κ2) is 5.90. The fourth-order valence-corrected chi connectivity index (χ4v) is 2.16. The Bertz CT molecular complexity index is 622. The van der Waals surface area contributed by atoms with Crippen molar-refractivity contribution in [2.75, 3.05) is 11.6 Å². The molecule has 98 valence electrons. The molecule has 1 aromatic carbocycles. The summed E-state index contributed by atoms with van der Waals surface area (Å²) in [5.41, 5.74) is 0.708. The van der Waals surface area contributed by atoms with Crippen molar-refractivity contribution in [1.82, 2.24) is 4.98 Å². The SMILES string of the molecule is CSc1cccc(Nc2cc([N+](=O)[O-])cc(Cl)n2)c1. The molecule has 0 aliphatic carbocycles. The predicted molar refractivity (Wildman–Crippen MR) is 77.4 cm³/mol. The summed E-state index contributed by atoms with van der Waals surface area (Å²) in [6.07, 6.45) is 1.97. The maximum Gasteiger partial charge on any atom is 0.276 e. The molecule has 0 saturated carbocycles. The highest BCUT2D eigenvalue weighted by Gasteiger charge is 2.10. The molecule has 0 radical (unpaired) electrons. The number of rotatable bonds is 4. The molecule has 0 atom stereocenters. The van der Waals surface area contributed by atoms with Crippen LogP contribution in [0, 0.1) is 10.1 Å². The van der Waals surface area contributed by atoms with Gasteiger partial charge in [-0.3, -0.25) is 10.1 Å². The van der Waals surface area contributed by atoms with Gasteiger partial charge in [0.1, 0.15) is 11.0 Å². The molecule has 1 heterocycles. The Hall–Kier alpha value is -1.79. The minimum Gasteiger partial charge on any atom is -0.340 e. The van der Waals surface area contributed by atoms with Crippen molar-refractivity contribution in [2.24, 2.45) is 0 Å². The molecule has 0 spiro atoms. The van der Waals surface area contributed by atoms with Crippen molar-refractivity contribution in [1.29, 1.82) is 0 Å². The summed E-state index contributed by atoms with van der Waals surface area (Å²) in [7, 11) is 0. The summed E-state index contributed by atoms with van der Waals surface area (Å²) in [5.74, 6) is 0.345. The number of nitrogens with one attached hydrogen (secondary N) is 1. The highest BCUT2D eigenvalue weighted by molar-refractivity contribution is 7.98.